The van der Waals surface area contributed by atoms with E-state index in [1.807, 2.05) is 18.7 Å². The maximum absolute atomic E-state index is 12.9. The predicted octanol–water partition coefficient (Wildman–Crippen LogP) is 0.610. The van der Waals surface area contributed by atoms with Gasteiger partial charge in [-0.25, -0.2) is 14.4 Å². The van der Waals surface area contributed by atoms with E-state index < -0.39 is 17.2 Å². The average Bonchev–Trinajstić information content (AvgIpc) is 2.38. The second kappa shape index (κ2) is 6.66. The van der Waals surface area contributed by atoms with Crippen LogP contribution in [0.2, 0.25) is 0 Å². The van der Waals surface area contributed by atoms with Crippen molar-refractivity contribution in [2.24, 2.45) is 5.14 Å². The van der Waals surface area contributed by atoms with Crippen LogP contribution in [-0.2, 0) is 16.1 Å². The molecule has 0 spiro atoms. The summed E-state index contributed by atoms with van der Waals surface area (Å²) in [6.07, 6.45) is 2.85. The van der Waals surface area contributed by atoms with Gasteiger partial charge in [-0.2, -0.15) is 5.14 Å². The molecule has 2 heterocycles. The van der Waals surface area contributed by atoms with Crippen LogP contribution in [0.1, 0.15) is 20.3 Å². The van der Waals surface area contributed by atoms with Crippen LogP contribution in [-0.4, -0.2) is 45.1 Å². The Balaban J connectivity index is 2.12. The van der Waals surface area contributed by atoms with Gasteiger partial charge in [0.15, 0.2) is 11.1 Å². The summed E-state index contributed by atoms with van der Waals surface area (Å²) in [5.74, 6) is -0.0846. The molecule has 6 nitrogen and oxygen atoms in total. The van der Waals surface area contributed by atoms with Gasteiger partial charge in [0.25, 0.3) is 0 Å². The van der Waals surface area contributed by atoms with Crippen molar-refractivity contribution in [3.63, 3.8) is 0 Å². The fraction of sp³-hybridized carbons (Fsp3) is 0.667. The lowest BCUT2D eigenvalue weighted by molar-refractivity contribution is 0.00145. The van der Waals surface area contributed by atoms with Crippen LogP contribution < -0.4 is 10.0 Å². The quantitative estimate of drug-likeness (QED) is 0.820. The Bertz CT molecular complexity index is 432. The fourth-order valence-corrected chi connectivity index (χ4v) is 3.02. The molecule has 1 aliphatic heterocycles. The first kappa shape index (κ1) is 15.4. The third kappa shape index (κ3) is 4.02. The number of aromatic nitrogens is 2. The van der Waals surface area contributed by atoms with Crippen LogP contribution in [0.4, 0.5) is 10.3 Å². The summed E-state index contributed by atoms with van der Waals surface area (Å²) in [7, 11) is 0. The highest BCUT2D eigenvalue weighted by Gasteiger charge is 2.35. The smallest absolute Gasteiger partial charge is 0.225 e. The molecule has 112 valence electrons. The van der Waals surface area contributed by atoms with Crippen LogP contribution >= 0.6 is 0 Å². The highest BCUT2D eigenvalue weighted by Crippen LogP contribution is 2.22. The van der Waals surface area contributed by atoms with E-state index in [1.165, 1.54) is 0 Å². The number of nitrogens with zero attached hydrogens (tertiary/aromatic N) is 3. The van der Waals surface area contributed by atoms with Crippen molar-refractivity contribution in [1.29, 1.82) is 0 Å². The minimum absolute atomic E-state index is 0.0703. The van der Waals surface area contributed by atoms with E-state index in [1.54, 1.807) is 0 Å². The molecule has 20 heavy (non-hydrogen) atoms. The van der Waals surface area contributed by atoms with Crippen molar-refractivity contribution in [2.45, 2.75) is 37.7 Å². The van der Waals surface area contributed by atoms with Gasteiger partial charge in [-0.05, 0) is 13.8 Å². The van der Waals surface area contributed by atoms with Crippen molar-refractivity contribution in [1.82, 2.24) is 9.97 Å². The largest absolute Gasteiger partial charge is 0.598 e. The van der Waals surface area contributed by atoms with Crippen molar-refractivity contribution in [2.75, 3.05) is 18.0 Å². The van der Waals surface area contributed by atoms with E-state index in [2.05, 4.69) is 9.97 Å². The summed E-state index contributed by atoms with van der Waals surface area (Å²) < 4.78 is 30.2. The zero-order chi connectivity index (χ0) is 14.7. The minimum atomic E-state index is -1.44. The highest BCUT2D eigenvalue weighted by molar-refractivity contribution is 7.89. The van der Waals surface area contributed by atoms with Gasteiger partial charge in [-0.3, -0.25) is 0 Å². The van der Waals surface area contributed by atoms with Crippen molar-refractivity contribution in [3.8, 4) is 0 Å². The number of anilines is 1. The Morgan fingerprint density at radius 3 is 2.65 bits per heavy atom. The lowest BCUT2D eigenvalue weighted by Gasteiger charge is -2.37. The van der Waals surface area contributed by atoms with Crippen molar-refractivity contribution < 1.29 is 13.7 Å². The van der Waals surface area contributed by atoms with Crippen LogP contribution in [0.25, 0.3) is 0 Å². The molecule has 1 aromatic rings. The van der Waals surface area contributed by atoms with Gasteiger partial charge < -0.3 is 14.2 Å². The van der Waals surface area contributed by atoms with Gasteiger partial charge in [-0.15, -0.1) is 0 Å². The first-order valence-electron chi connectivity index (χ1n) is 6.48. The number of ether oxygens (including phenoxy) is 1. The molecule has 0 radical (unpaired) electrons. The van der Waals surface area contributed by atoms with E-state index in [0.29, 0.717) is 25.5 Å². The molecule has 1 saturated heterocycles. The van der Waals surface area contributed by atoms with E-state index in [0.717, 1.165) is 12.4 Å². The van der Waals surface area contributed by atoms with Crippen LogP contribution in [0.5, 0.6) is 0 Å². The van der Waals surface area contributed by atoms with Gasteiger partial charge in [0, 0.05) is 24.3 Å². The topological polar surface area (TPSA) is 87.3 Å². The van der Waals surface area contributed by atoms with Crippen molar-refractivity contribution >= 4 is 17.3 Å². The summed E-state index contributed by atoms with van der Waals surface area (Å²) in [5, 5.41) is 5.31. The third-order valence-electron chi connectivity index (χ3n) is 3.06. The minimum Gasteiger partial charge on any atom is -0.598 e. The lowest BCUT2D eigenvalue weighted by atomic mass is 10.1. The zero-order valence-corrected chi connectivity index (χ0v) is 12.3. The number of piperidine rings is 1. The van der Waals surface area contributed by atoms with Crippen LogP contribution in [0.15, 0.2) is 12.4 Å². The maximum Gasteiger partial charge on any atom is 0.225 e. The molecule has 1 aromatic heterocycles. The Morgan fingerprint density at radius 2 is 2.10 bits per heavy atom. The molecule has 2 rings (SSSR count). The molecule has 3 unspecified atom stereocenters. The molecule has 0 aromatic carbocycles. The van der Waals surface area contributed by atoms with Gasteiger partial charge in [0.05, 0.1) is 31.1 Å². The molecular formula is C12H19FN4O2S. The van der Waals surface area contributed by atoms with E-state index in [4.69, 9.17) is 9.88 Å². The Morgan fingerprint density at radius 1 is 1.45 bits per heavy atom. The third-order valence-corrected chi connectivity index (χ3v) is 4.06. The van der Waals surface area contributed by atoms with Gasteiger partial charge in [-0.1, -0.05) is 0 Å². The first-order valence-corrected chi connectivity index (χ1v) is 7.76. The number of halogens is 1. The second-order valence-corrected chi connectivity index (χ2v) is 6.42. The molecule has 0 bridgehead atoms. The van der Waals surface area contributed by atoms with Gasteiger partial charge >= 0.3 is 0 Å². The SMILES string of the molecule is CC(C)OC1CC([S+](N)[O-])CN(c2ncc(F)cn2)C1. The van der Waals surface area contributed by atoms with Gasteiger partial charge in [0.2, 0.25) is 5.95 Å². The Labute approximate surface area is 120 Å². The summed E-state index contributed by atoms with van der Waals surface area (Å²) in [6.45, 7) is 4.95. The predicted molar refractivity (Wildman–Crippen MR) is 74.9 cm³/mol. The summed E-state index contributed by atoms with van der Waals surface area (Å²) >= 11 is -1.44. The molecule has 0 amide bonds. The number of rotatable bonds is 4. The Hall–Kier alpha value is -0.960. The van der Waals surface area contributed by atoms with E-state index >= 15 is 0 Å². The van der Waals surface area contributed by atoms with Gasteiger partial charge in [0.1, 0.15) is 0 Å². The summed E-state index contributed by atoms with van der Waals surface area (Å²) in [6, 6.07) is 0. The molecule has 1 aliphatic rings. The maximum atomic E-state index is 12.9. The van der Waals surface area contributed by atoms with E-state index in [-0.39, 0.29) is 17.5 Å². The molecule has 8 heteroatoms. The normalized spacial score (nSPS) is 25.0. The fourth-order valence-electron chi connectivity index (χ4n) is 2.29. The Kier molecular flexibility index (Phi) is 5.14. The molecular weight excluding hydrogens is 283 g/mol. The zero-order valence-electron chi connectivity index (χ0n) is 11.5. The first-order chi connectivity index (χ1) is 9.45. The standard InChI is InChI=1S/C12H19FN4O2S/c1-8(2)19-10-3-11(20(14)18)7-17(6-10)12-15-4-9(13)5-16-12/h4-5,8,10-11H,3,6-7,14H2,1-2H3. The monoisotopic (exact) mass is 302 g/mol. The molecule has 3 atom stereocenters. The number of hydrogen-bond donors (Lipinski definition) is 1. The van der Waals surface area contributed by atoms with Crippen molar-refractivity contribution in [3.05, 3.63) is 18.2 Å². The number of hydrogen-bond acceptors (Lipinski definition) is 6. The van der Waals surface area contributed by atoms with Crippen LogP contribution in [0, 0.1) is 5.82 Å². The molecule has 2 N–H and O–H groups in total. The molecule has 0 aliphatic carbocycles. The number of nitrogens with two attached hydrogens (primary N) is 1. The second-order valence-electron chi connectivity index (χ2n) is 5.10. The van der Waals surface area contributed by atoms with E-state index in [9.17, 15) is 8.94 Å². The molecule has 1 fully saturated rings. The highest BCUT2D eigenvalue weighted by atomic mass is 32.2. The lowest BCUT2D eigenvalue weighted by Crippen LogP contribution is -2.52. The molecule has 0 saturated carbocycles. The van der Waals surface area contributed by atoms with Crippen LogP contribution in [0.3, 0.4) is 0 Å². The summed E-state index contributed by atoms with van der Waals surface area (Å²) in [4.78, 5) is 9.75. The average molecular weight is 302 g/mol. The summed E-state index contributed by atoms with van der Waals surface area (Å²) in [5.41, 5.74) is 0.